The number of rotatable bonds is 3. The van der Waals surface area contributed by atoms with Crippen LogP contribution in [0.4, 0.5) is 11.5 Å². The van der Waals surface area contributed by atoms with Gasteiger partial charge in [0.1, 0.15) is 0 Å². The molecular weight excluding hydrogens is 316 g/mol. The predicted octanol–water partition coefficient (Wildman–Crippen LogP) is 1.68. The van der Waals surface area contributed by atoms with E-state index in [0.717, 1.165) is 22.5 Å². The summed E-state index contributed by atoms with van der Waals surface area (Å²) in [6.07, 6.45) is 1.18. The molecule has 122 valence electrons. The third kappa shape index (κ3) is 2.75. The molecule has 3 rings (SSSR count). The van der Waals surface area contributed by atoms with E-state index in [4.69, 9.17) is 0 Å². The lowest BCUT2D eigenvalue weighted by atomic mass is 10.1. The van der Waals surface area contributed by atoms with E-state index >= 15 is 0 Å². The number of aromatic nitrogens is 2. The molecule has 23 heavy (non-hydrogen) atoms. The molecule has 0 radical (unpaired) electrons. The number of amides is 1. The normalized spacial score (nSPS) is 14.7. The van der Waals surface area contributed by atoms with Crippen LogP contribution in [0.2, 0.25) is 0 Å². The second kappa shape index (κ2) is 5.47. The van der Waals surface area contributed by atoms with Crippen LogP contribution in [0.15, 0.2) is 24.3 Å². The quantitative estimate of drug-likeness (QED) is 0.925. The molecule has 1 amide bonds. The number of sulfonamides is 1. The number of aromatic amines is 1. The Balaban J connectivity index is 2.06. The van der Waals surface area contributed by atoms with Gasteiger partial charge in [-0.1, -0.05) is 18.2 Å². The van der Waals surface area contributed by atoms with Crippen molar-refractivity contribution in [2.75, 3.05) is 11.2 Å². The van der Waals surface area contributed by atoms with Crippen molar-refractivity contribution in [3.8, 4) is 0 Å². The average Bonchev–Trinajstić information content (AvgIpc) is 3.02. The van der Waals surface area contributed by atoms with E-state index in [1.807, 2.05) is 31.2 Å². The van der Waals surface area contributed by atoms with Crippen molar-refractivity contribution >= 4 is 27.4 Å². The van der Waals surface area contributed by atoms with Crippen molar-refractivity contribution in [2.45, 2.75) is 26.9 Å². The zero-order valence-electron chi connectivity index (χ0n) is 13.2. The minimum absolute atomic E-state index is 0.175. The molecule has 1 N–H and O–H groups in total. The molecule has 0 unspecified atom stereocenters. The van der Waals surface area contributed by atoms with Gasteiger partial charge in [-0.25, -0.2) is 8.42 Å². The van der Waals surface area contributed by atoms with E-state index in [1.54, 1.807) is 0 Å². The number of fused-ring (bicyclic) bond motifs is 1. The van der Waals surface area contributed by atoms with Gasteiger partial charge in [0.25, 0.3) is 0 Å². The lowest BCUT2D eigenvalue weighted by Gasteiger charge is -2.22. The summed E-state index contributed by atoms with van der Waals surface area (Å²) in [7, 11) is -3.29. The molecule has 2 heterocycles. The summed E-state index contributed by atoms with van der Waals surface area (Å²) in [5, 5.41) is 7.11. The number of hydrogen-bond acceptors (Lipinski definition) is 4. The Bertz CT molecular complexity index is 873. The van der Waals surface area contributed by atoms with E-state index in [2.05, 4.69) is 10.2 Å². The van der Waals surface area contributed by atoms with Crippen molar-refractivity contribution in [3.63, 3.8) is 0 Å². The van der Waals surface area contributed by atoms with Crippen LogP contribution in [0.25, 0.3) is 0 Å². The van der Waals surface area contributed by atoms with Gasteiger partial charge in [0.15, 0.2) is 5.82 Å². The molecule has 7 nitrogen and oxygen atoms in total. The lowest BCUT2D eigenvalue weighted by Crippen LogP contribution is -2.27. The van der Waals surface area contributed by atoms with Gasteiger partial charge in [-0.05, 0) is 18.6 Å². The smallest absolute Gasteiger partial charge is 0.229 e. The Morgan fingerprint density at radius 3 is 2.61 bits per heavy atom. The molecule has 1 aliphatic heterocycles. The molecule has 1 aromatic carbocycles. The van der Waals surface area contributed by atoms with Crippen molar-refractivity contribution < 1.29 is 13.2 Å². The summed E-state index contributed by atoms with van der Waals surface area (Å²) in [6, 6.07) is 7.52. The molecule has 1 aromatic heterocycles. The maximum Gasteiger partial charge on any atom is 0.229 e. The number of aryl methyl sites for hydroxylation is 1. The number of para-hydroxylation sites is 1. The maximum absolute atomic E-state index is 12.2. The minimum Gasteiger partial charge on any atom is -0.279 e. The predicted molar refractivity (Wildman–Crippen MR) is 86.7 cm³/mol. The molecule has 0 spiro atoms. The fourth-order valence-electron chi connectivity index (χ4n) is 2.76. The third-order valence-corrected chi connectivity index (χ3v) is 5.15. The van der Waals surface area contributed by atoms with Crippen LogP contribution < -0.4 is 4.90 Å². The first-order chi connectivity index (χ1) is 10.8. The SMILES string of the molecule is CC(=O)N(c1ccccc1C)c1n[nH]c2c1CN(S(C)(=O)=O)C2. The Hall–Kier alpha value is -2.19. The van der Waals surface area contributed by atoms with Gasteiger partial charge in [0, 0.05) is 19.0 Å². The number of H-pyrrole nitrogens is 1. The number of anilines is 2. The van der Waals surface area contributed by atoms with Gasteiger partial charge in [-0.3, -0.25) is 14.8 Å². The maximum atomic E-state index is 12.2. The van der Waals surface area contributed by atoms with E-state index in [-0.39, 0.29) is 19.0 Å². The second-order valence-corrected chi connectivity index (χ2v) is 7.66. The summed E-state index contributed by atoms with van der Waals surface area (Å²) in [4.78, 5) is 13.7. The number of carbonyl (C=O) groups is 1. The van der Waals surface area contributed by atoms with Crippen molar-refractivity contribution in [1.82, 2.24) is 14.5 Å². The summed E-state index contributed by atoms with van der Waals surface area (Å²) >= 11 is 0. The van der Waals surface area contributed by atoms with Gasteiger partial charge in [-0.2, -0.15) is 9.40 Å². The highest BCUT2D eigenvalue weighted by atomic mass is 32.2. The molecule has 1 aliphatic rings. The molecule has 0 atom stereocenters. The molecular formula is C15H18N4O3S. The van der Waals surface area contributed by atoms with E-state index in [0.29, 0.717) is 5.82 Å². The lowest BCUT2D eigenvalue weighted by molar-refractivity contribution is -0.115. The molecule has 0 fully saturated rings. The number of nitrogens with zero attached hydrogens (tertiary/aromatic N) is 3. The van der Waals surface area contributed by atoms with Crippen molar-refractivity contribution in [1.29, 1.82) is 0 Å². The zero-order valence-corrected chi connectivity index (χ0v) is 14.0. The van der Waals surface area contributed by atoms with Gasteiger partial charge in [-0.15, -0.1) is 0 Å². The Morgan fingerprint density at radius 1 is 1.30 bits per heavy atom. The van der Waals surface area contributed by atoms with Gasteiger partial charge < -0.3 is 0 Å². The standard InChI is InChI=1S/C15H18N4O3S/c1-10-6-4-5-7-14(10)19(11(2)20)15-12-8-18(23(3,21)22)9-13(12)16-17-15/h4-7H,8-9H2,1-3H3,(H,16,17). The highest BCUT2D eigenvalue weighted by molar-refractivity contribution is 7.88. The monoisotopic (exact) mass is 334 g/mol. The van der Waals surface area contributed by atoms with Crippen molar-refractivity contribution in [2.24, 2.45) is 0 Å². The molecule has 2 aromatic rings. The second-order valence-electron chi connectivity index (χ2n) is 5.68. The Kier molecular flexibility index (Phi) is 3.73. The van der Waals surface area contributed by atoms with Crippen LogP contribution >= 0.6 is 0 Å². The van der Waals surface area contributed by atoms with Crippen LogP contribution in [0, 0.1) is 6.92 Å². The summed E-state index contributed by atoms with van der Waals surface area (Å²) in [5.41, 5.74) is 3.16. The van der Waals surface area contributed by atoms with Crippen LogP contribution in [0.1, 0.15) is 23.7 Å². The van der Waals surface area contributed by atoms with Crippen molar-refractivity contribution in [3.05, 3.63) is 41.1 Å². The summed E-state index contributed by atoms with van der Waals surface area (Å²) in [6.45, 7) is 3.86. The molecule has 0 saturated heterocycles. The average molecular weight is 334 g/mol. The van der Waals surface area contributed by atoms with Crippen LogP contribution in [-0.4, -0.2) is 35.1 Å². The van der Waals surface area contributed by atoms with Gasteiger partial charge in [0.2, 0.25) is 15.9 Å². The summed E-state index contributed by atoms with van der Waals surface area (Å²) < 4.78 is 24.9. The Labute approximate surface area is 135 Å². The van der Waals surface area contributed by atoms with Crippen LogP contribution in [-0.2, 0) is 27.9 Å². The fourth-order valence-corrected chi connectivity index (χ4v) is 3.49. The first kappa shape index (κ1) is 15.7. The fraction of sp³-hybridized carbons (Fsp3) is 0.333. The van der Waals surface area contributed by atoms with Gasteiger partial charge >= 0.3 is 0 Å². The Morgan fingerprint density at radius 2 is 2.00 bits per heavy atom. The van der Waals surface area contributed by atoms with Crippen LogP contribution in [0.5, 0.6) is 0 Å². The number of nitrogens with one attached hydrogen (secondary N) is 1. The first-order valence-corrected chi connectivity index (χ1v) is 9.01. The minimum atomic E-state index is -3.29. The first-order valence-electron chi connectivity index (χ1n) is 7.16. The third-order valence-electron chi connectivity index (χ3n) is 3.95. The highest BCUT2D eigenvalue weighted by Gasteiger charge is 2.33. The summed E-state index contributed by atoms with van der Waals surface area (Å²) in [5.74, 6) is 0.291. The molecule has 0 saturated carbocycles. The number of hydrogen-bond donors (Lipinski definition) is 1. The van der Waals surface area contributed by atoms with E-state index in [1.165, 1.54) is 22.4 Å². The highest BCUT2D eigenvalue weighted by Crippen LogP contribution is 2.35. The van der Waals surface area contributed by atoms with Crippen LogP contribution in [0.3, 0.4) is 0 Å². The zero-order chi connectivity index (χ0) is 16.8. The van der Waals surface area contributed by atoms with E-state index in [9.17, 15) is 13.2 Å². The largest absolute Gasteiger partial charge is 0.279 e. The molecule has 0 bridgehead atoms. The topological polar surface area (TPSA) is 86.4 Å². The number of benzene rings is 1. The van der Waals surface area contributed by atoms with E-state index < -0.39 is 10.0 Å². The number of carbonyl (C=O) groups excluding carboxylic acids is 1. The molecule has 0 aliphatic carbocycles. The molecule has 8 heteroatoms. The van der Waals surface area contributed by atoms with Gasteiger partial charge in [0.05, 0.1) is 24.2 Å².